The molecule has 0 radical (unpaired) electrons. The Kier molecular flexibility index (Phi) is 5.62. The van der Waals surface area contributed by atoms with E-state index in [9.17, 15) is 4.79 Å². The van der Waals surface area contributed by atoms with Gasteiger partial charge in [-0.25, -0.2) is 9.48 Å². The van der Waals surface area contributed by atoms with E-state index in [0.717, 1.165) is 25.0 Å². The van der Waals surface area contributed by atoms with Crippen LogP contribution in [0.15, 0.2) is 0 Å². The third kappa shape index (κ3) is 3.81. The summed E-state index contributed by atoms with van der Waals surface area (Å²) in [7, 11) is 1.67. The molecule has 6 nitrogen and oxygen atoms in total. The van der Waals surface area contributed by atoms with Gasteiger partial charge in [-0.2, -0.15) is 0 Å². The number of hydrogen-bond acceptors (Lipinski definition) is 4. The summed E-state index contributed by atoms with van der Waals surface area (Å²) >= 11 is 0. The number of aromatic nitrogens is 3. The van der Waals surface area contributed by atoms with E-state index in [2.05, 4.69) is 10.3 Å². The van der Waals surface area contributed by atoms with Crippen LogP contribution in [0.4, 0.5) is 0 Å². The summed E-state index contributed by atoms with van der Waals surface area (Å²) in [6.07, 6.45) is 3.42. The van der Waals surface area contributed by atoms with Crippen LogP contribution in [0.5, 0.6) is 0 Å². The molecule has 0 aliphatic rings. The highest BCUT2D eigenvalue weighted by Gasteiger charge is 2.17. The molecule has 0 atom stereocenters. The minimum Gasteiger partial charge on any atom is -0.476 e. The molecule has 1 heterocycles. The van der Waals surface area contributed by atoms with Crippen LogP contribution in [0.2, 0.25) is 0 Å². The molecule has 1 N–H and O–H groups in total. The standard InChI is InChI=1S/C11H19N3O3/c1-3-6-9-10(11(15)16)12-13-14(9)7-4-5-8-17-2/h3-8H2,1-2H3,(H,15,16). The molecule has 0 saturated carbocycles. The highest BCUT2D eigenvalue weighted by atomic mass is 16.5. The predicted molar refractivity (Wildman–Crippen MR) is 62.1 cm³/mol. The van der Waals surface area contributed by atoms with Crippen LogP contribution in [-0.4, -0.2) is 39.8 Å². The summed E-state index contributed by atoms with van der Waals surface area (Å²) in [5.41, 5.74) is 0.802. The van der Waals surface area contributed by atoms with E-state index in [1.807, 2.05) is 6.92 Å². The maximum Gasteiger partial charge on any atom is 0.358 e. The van der Waals surface area contributed by atoms with Crippen molar-refractivity contribution in [2.75, 3.05) is 13.7 Å². The number of carboxylic acids is 1. The van der Waals surface area contributed by atoms with Crippen molar-refractivity contribution in [3.05, 3.63) is 11.4 Å². The summed E-state index contributed by atoms with van der Waals surface area (Å²) in [5, 5.41) is 16.6. The number of carboxylic acid groups (broad SMARTS) is 1. The number of rotatable bonds is 8. The smallest absolute Gasteiger partial charge is 0.358 e. The molecule has 0 spiro atoms. The number of hydrogen-bond donors (Lipinski definition) is 1. The van der Waals surface area contributed by atoms with Crippen molar-refractivity contribution < 1.29 is 14.6 Å². The predicted octanol–water partition coefficient (Wildman–Crippen LogP) is 1.36. The molecule has 17 heavy (non-hydrogen) atoms. The Morgan fingerprint density at radius 1 is 1.47 bits per heavy atom. The summed E-state index contributed by atoms with van der Waals surface area (Å²) in [5.74, 6) is -1.00. The normalized spacial score (nSPS) is 10.7. The Balaban J connectivity index is 2.67. The molecule has 1 aromatic heterocycles. The first kappa shape index (κ1) is 13.6. The maximum atomic E-state index is 11.0. The molecule has 1 aromatic rings. The molecule has 6 heteroatoms. The van der Waals surface area contributed by atoms with Gasteiger partial charge in [-0.3, -0.25) is 0 Å². The molecule has 96 valence electrons. The SMILES string of the molecule is CCCc1c(C(=O)O)nnn1CCCCOC. The van der Waals surface area contributed by atoms with Crippen LogP contribution >= 0.6 is 0 Å². The fraction of sp³-hybridized carbons (Fsp3) is 0.727. The minimum atomic E-state index is -1.00. The number of methoxy groups -OCH3 is 1. The second-order valence-electron chi connectivity index (χ2n) is 3.86. The molecular weight excluding hydrogens is 222 g/mol. The zero-order valence-corrected chi connectivity index (χ0v) is 10.3. The summed E-state index contributed by atoms with van der Waals surface area (Å²) in [6.45, 7) is 3.41. The Labute approximate surface area is 101 Å². The zero-order chi connectivity index (χ0) is 12.7. The topological polar surface area (TPSA) is 77.2 Å². The van der Waals surface area contributed by atoms with Gasteiger partial charge in [0.25, 0.3) is 0 Å². The summed E-state index contributed by atoms with van der Waals surface area (Å²) in [4.78, 5) is 11.0. The molecule has 0 aliphatic heterocycles. The number of aromatic carboxylic acids is 1. The van der Waals surface area contributed by atoms with Crippen molar-refractivity contribution in [1.82, 2.24) is 15.0 Å². The molecule has 0 aromatic carbocycles. The molecule has 0 fully saturated rings. The van der Waals surface area contributed by atoms with Gasteiger partial charge in [0.1, 0.15) is 0 Å². The van der Waals surface area contributed by atoms with Crippen LogP contribution in [0, 0.1) is 0 Å². The van der Waals surface area contributed by atoms with Crippen molar-refractivity contribution in [2.24, 2.45) is 0 Å². The highest BCUT2D eigenvalue weighted by molar-refractivity contribution is 5.86. The monoisotopic (exact) mass is 241 g/mol. The first-order valence-corrected chi connectivity index (χ1v) is 5.85. The number of carbonyl (C=O) groups is 1. The van der Waals surface area contributed by atoms with Crippen LogP contribution in [-0.2, 0) is 17.7 Å². The average Bonchev–Trinajstić information content (AvgIpc) is 2.69. The Morgan fingerprint density at radius 2 is 2.24 bits per heavy atom. The molecule has 1 rings (SSSR count). The molecule has 0 bridgehead atoms. The second kappa shape index (κ2) is 7.01. The van der Waals surface area contributed by atoms with Gasteiger partial charge in [0.2, 0.25) is 0 Å². The summed E-state index contributed by atoms with van der Waals surface area (Å²) < 4.78 is 6.66. The van der Waals surface area contributed by atoms with E-state index in [1.54, 1.807) is 11.8 Å². The molecule has 0 amide bonds. The molecular formula is C11H19N3O3. The van der Waals surface area contributed by atoms with Crippen LogP contribution in [0.25, 0.3) is 0 Å². The first-order chi connectivity index (χ1) is 8.20. The lowest BCUT2D eigenvalue weighted by Gasteiger charge is -2.05. The number of aryl methyl sites for hydroxylation is 1. The molecule has 0 unspecified atom stereocenters. The minimum absolute atomic E-state index is 0.0820. The van der Waals surface area contributed by atoms with Gasteiger partial charge >= 0.3 is 5.97 Å². The summed E-state index contributed by atoms with van der Waals surface area (Å²) in [6, 6.07) is 0. The Hall–Kier alpha value is -1.43. The van der Waals surface area contributed by atoms with Gasteiger partial charge in [0.15, 0.2) is 5.69 Å². The van der Waals surface area contributed by atoms with Gasteiger partial charge in [0, 0.05) is 20.3 Å². The van der Waals surface area contributed by atoms with Gasteiger partial charge in [-0.1, -0.05) is 18.6 Å². The largest absolute Gasteiger partial charge is 0.476 e. The number of nitrogens with zero attached hydrogens (tertiary/aromatic N) is 3. The van der Waals surface area contributed by atoms with Crippen LogP contribution < -0.4 is 0 Å². The van der Waals surface area contributed by atoms with Crippen molar-refractivity contribution in [3.8, 4) is 0 Å². The van der Waals surface area contributed by atoms with Gasteiger partial charge in [-0.15, -0.1) is 5.10 Å². The number of ether oxygens (including phenoxy) is 1. The average molecular weight is 241 g/mol. The fourth-order valence-electron chi connectivity index (χ4n) is 1.67. The van der Waals surface area contributed by atoms with E-state index < -0.39 is 5.97 Å². The molecule has 0 saturated heterocycles. The van der Waals surface area contributed by atoms with Crippen LogP contribution in [0.3, 0.4) is 0 Å². The van der Waals surface area contributed by atoms with E-state index in [4.69, 9.17) is 9.84 Å². The van der Waals surface area contributed by atoms with E-state index in [-0.39, 0.29) is 5.69 Å². The lowest BCUT2D eigenvalue weighted by atomic mass is 10.2. The third-order valence-electron chi connectivity index (χ3n) is 2.50. The Bertz CT molecular complexity index is 363. The second-order valence-corrected chi connectivity index (χ2v) is 3.86. The Morgan fingerprint density at radius 3 is 2.82 bits per heavy atom. The maximum absolute atomic E-state index is 11.0. The number of unbranched alkanes of at least 4 members (excludes halogenated alkanes) is 1. The first-order valence-electron chi connectivity index (χ1n) is 5.85. The highest BCUT2D eigenvalue weighted by Crippen LogP contribution is 2.09. The van der Waals surface area contributed by atoms with Crippen molar-refractivity contribution in [1.29, 1.82) is 0 Å². The van der Waals surface area contributed by atoms with E-state index in [1.165, 1.54) is 0 Å². The fourth-order valence-corrected chi connectivity index (χ4v) is 1.67. The lowest BCUT2D eigenvalue weighted by Crippen LogP contribution is -2.09. The third-order valence-corrected chi connectivity index (χ3v) is 2.50. The van der Waals surface area contributed by atoms with Gasteiger partial charge in [-0.05, 0) is 19.3 Å². The quantitative estimate of drug-likeness (QED) is 0.695. The van der Waals surface area contributed by atoms with Crippen LogP contribution in [0.1, 0.15) is 42.4 Å². The van der Waals surface area contributed by atoms with Crippen molar-refractivity contribution >= 4 is 5.97 Å². The lowest BCUT2D eigenvalue weighted by molar-refractivity contribution is 0.0689. The molecule has 0 aliphatic carbocycles. The van der Waals surface area contributed by atoms with Gasteiger partial charge in [0.05, 0.1) is 5.69 Å². The van der Waals surface area contributed by atoms with E-state index in [0.29, 0.717) is 19.6 Å². The van der Waals surface area contributed by atoms with Gasteiger partial charge < -0.3 is 9.84 Å². The van der Waals surface area contributed by atoms with Crippen molar-refractivity contribution in [3.63, 3.8) is 0 Å². The van der Waals surface area contributed by atoms with Crippen molar-refractivity contribution in [2.45, 2.75) is 39.2 Å². The van der Waals surface area contributed by atoms with E-state index >= 15 is 0 Å². The zero-order valence-electron chi connectivity index (χ0n) is 10.3.